The topological polar surface area (TPSA) is 64.6 Å². The molecule has 0 unspecified atom stereocenters. The lowest BCUT2D eigenvalue weighted by Gasteiger charge is -2.12. The van der Waals surface area contributed by atoms with Gasteiger partial charge < -0.3 is 14.8 Å². The molecule has 5 heteroatoms. The summed E-state index contributed by atoms with van der Waals surface area (Å²) < 4.78 is 10.8. The quantitative estimate of drug-likeness (QED) is 0.776. The highest BCUT2D eigenvalue weighted by atomic mass is 16.5. The number of rotatable bonds is 7. The van der Waals surface area contributed by atoms with Crippen molar-refractivity contribution in [1.82, 2.24) is 0 Å². The Morgan fingerprint density at radius 1 is 1.12 bits per heavy atom. The lowest BCUT2D eigenvalue weighted by Crippen LogP contribution is -2.20. The fraction of sp³-hybridized carbons (Fsp3) is 0.200. The maximum absolute atomic E-state index is 12.1. The van der Waals surface area contributed by atoms with E-state index in [0.29, 0.717) is 22.7 Å². The van der Waals surface area contributed by atoms with Crippen molar-refractivity contribution in [2.24, 2.45) is 0 Å². The van der Waals surface area contributed by atoms with Gasteiger partial charge in [0.25, 0.3) is 5.91 Å². The lowest BCUT2D eigenvalue weighted by atomic mass is 10.1. The molecule has 25 heavy (non-hydrogen) atoms. The van der Waals surface area contributed by atoms with Gasteiger partial charge in [-0.25, -0.2) is 0 Å². The van der Waals surface area contributed by atoms with Gasteiger partial charge in [-0.1, -0.05) is 30.4 Å². The molecule has 0 aliphatic rings. The summed E-state index contributed by atoms with van der Waals surface area (Å²) in [7, 11) is 1.55. The molecule has 0 aromatic heterocycles. The largest absolute Gasteiger partial charge is 0.493 e. The van der Waals surface area contributed by atoms with Crippen molar-refractivity contribution in [3.63, 3.8) is 0 Å². The smallest absolute Gasteiger partial charge is 0.262 e. The third-order valence-corrected chi connectivity index (χ3v) is 3.46. The van der Waals surface area contributed by atoms with Crippen LogP contribution in [0.3, 0.4) is 0 Å². The third kappa shape index (κ3) is 5.21. The molecule has 0 aliphatic heterocycles. The van der Waals surface area contributed by atoms with E-state index in [2.05, 4.69) is 5.32 Å². The van der Waals surface area contributed by atoms with Crippen molar-refractivity contribution in [2.45, 2.75) is 13.8 Å². The highest BCUT2D eigenvalue weighted by Crippen LogP contribution is 2.28. The SMILES string of the molecule is CC=Cc1ccc(OCC(=O)Nc2cccc(C(C)=O)c2)c(OC)c1. The maximum atomic E-state index is 12.1. The summed E-state index contributed by atoms with van der Waals surface area (Å²) in [5.41, 5.74) is 2.08. The van der Waals surface area contributed by atoms with Crippen LogP contribution in [0.1, 0.15) is 29.8 Å². The van der Waals surface area contributed by atoms with Gasteiger partial charge in [-0.15, -0.1) is 0 Å². The molecular formula is C20H21NO4. The van der Waals surface area contributed by atoms with Crippen LogP contribution in [0.5, 0.6) is 11.5 Å². The van der Waals surface area contributed by atoms with Crippen molar-refractivity contribution in [3.8, 4) is 11.5 Å². The summed E-state index contributed by atoms with van der Waals surface area (Å²) >= 11 is 0. The number of carbonyl (C=O) groups is 2. The number of anilines is 1. The average Bonchev–Trinajstić information content (AvgIpc) is 2.61. The summed E-state index contributed by atoms with van der Waals surface area (Å²) in [5, 5.41) is 2.71. The Bertz CT molecular complexity index is 796. The third-order valence-electron chi connectivity index (χ3n) is 3.46. The number of ketones is 1. The highest BCUT2D eigenvalue weighted by Gasteiger charge is 2.09. The molecule has 2 aromatic carbocycles. The van der Waals surface area contributed by atoms with Gasteiger partial charge in [0.05, 0.1) is 7.11 Å². The van der Waals surface area contributed by atoms with Crippen LogP contribution in [0.4, 0.5) is 5.69 Å². The zero-order valence-corrected chi connectivity index (χ0v) is 14.5. The first-order valence-electron chi connectivity index (χ1n) is 7.88. The van der Waals surface area contributed by atoms with E-state index in [1.807, 2.05) is 31.2 Å². The molecule has 0 fully saturated rings. The molecule has 1 N–H and O–H groups in total. The van der Waals surface area contributed by atoms with Crippen molar-refractivity contribution in [3.05, 3.63) is 59.7 Å². The monoisotopic (exact) mass is 339 g/mol. The number of allylic oxidation sites excluding steroid dienone is 1. The molecule has 0 spiro atoms. The molecule has 0 atom stereocenters. The Morgan fingerprint density at radius 3 is 2.60 bits per heavy atom. The van der Waals surface area contributed by atoms with E-state index in [0.717, 1.165) is 5.56 Å². The van der Waals surface area contributed by atoms with E-state index in [4.69, 9.17) is 9.47 Å². The van der Waals surface area contributed by atoms with Gasteiger partial charge in [-0.2, -0.15) is 0 Å². The number of carbonyl (C=O) groups excluding carboxylic acids is 2. The predicted molar refractivity (Wildman–Crippen MR) is 98.3 cm³/mol. The standard InChI is InChI=1S/C20H21NO4/c1-4-6-15-9-10-18(19(11-15)24-3)25-13-20(23)21-17-8-5-7-16(12-17)14(2)22/h4-12H,13H2,1-3H3,(H,21,23). The Hall–Kier alpha value is -3.08. The van der Waals surface area contributed by atoms with E-state index in [1.54, 1.807) is 37.4 Å². The summed E-state index contributed by atoms with van der Waals surface area (Å²) in [6.07, 6.45) is 3.87. The Kier molecular flexibility index (Phi) is 6.34. The molecule has 0 heterocycles. The minimum atomic E-state index is -0.319. The molecule has 5 nitrogen and oxygen atoms in total. The number of methoxy groups -OCH3 is 1. The van der Waals surface area contributed by atoms with Crippen molar-refractivity contribution in [1.29, 1.82) is 0 Å². The van der Waals surface area contributed by atoms with Crippen LogP contribution in [0, 0.1) is 0 Å². The number of amides is 1. The molecular weight excluding hydrogens is 318 g/mol. The van der Waals surface area contributed by atoms with E-state index in [9.17, 15) is 9.59 Å². The molecule has 0 radical (unpaired) electrons. The summed E-state index contributed by atoms with van der Waals surface area (Å²) in [6.45, 7) is 3.25. The van der Waals surface area contributed by atoms with E-state index in [-0.39, 0.29) is 18.3 Å². The number of Topliss-reactive ketones (excluding diaryl/α,β-unsaturated/α-hetero) is 1. The second kappa shape index (κ2) is 8.68. The molecule has 0 bridgehead atoms. The minimum absolute atomic E-state index is 0.0571. The number of benzene rings is 2. The zero-order chi connectivity index (χ0) is 18.2. The Morgan fingerprint density at radius 2 is 1.92 bits per heavy atom. The van der Waals surface area contributed by atoms with Crippen molar-refractivity contribution >= 4 is 23.5 Å². The molecule has 2 rings (SSSR count). The van der Waals surface area contributed by atoms with Crippen LogP contribution in [0.25, 0.3) is 6.08 Å². The number of ether oxygens (including phenoxy) is 2. The second-order valence-electron chi connectivity index (χ2n) is 5.38. The van der Waals surface area contributed by atoms with Crippen molar-refractivity contribution in [2.75, 3.05) is 19.0 Å². The molecule has 0 aliphatic carbocycles. The van der Waals surface area contributed by atoms with E-state index >= 15 is 0 Å². The summed E-state index contributed by atoms with van der Waals surface area (Å²) in [4.78, 5) is 23.4. The Labute approximate surface area is 147 Å². The first-order valence-corrected chi connectivity index (χ1v) is 7.88. The van der Waals surface area contributed by atoms with Gasteiger partial charge in [-0.05, 0) is 43.7 Å². The first-order chi connectivity index (χ1) is 12.0. The van der Waals surface area contributed by atoms with Gasteiger partial charge in [0, 0.05) is 11.3 Å². The van der Waals surface area contributed by atoms with Gasteiger partial charge in [0.15, 0.2) is 23.9 Å². The van der Waals surface area contributed by atoms with Crippen LogP contribution in [-0.2, 0) is 4.79 Å². The zero-order valence-electron chi connectivity index (χ0n) is 14.5. The van der Waals surface area contributed by atoms with Crippen LogP contribution in [-0.4, -0.2) is 25.4 Å². The fourth-order valence-electron chi connectivity index (χ4n) is 2.26. The predicted octanol–water partition coefficient (Wildman–Crippen LogP) is 3.95. The van der Waals surface area contributed by atoms with Crippen LogP contribution < -0.4 is 14.8 Å². The minimum Gasteiger partial charge on any atom is -0.493 e. The average molecular weight is 339 g/mol. The van der Waals surface area contributed by atoms with Crippen LogP contribution >= 0.6 is 0 Å². The summed E-state index contributed by atoms with van der Waals surface area (Å²) in [5.74, 6) is 0.670. The van der Waals surface area contributed by atoms with E-state index < -0.39 is 0 Å². The van der Waals surface area contributed by atoms with E-state index in [1.165, 1.54) is 6.92 Å². The summed E-state index contributed by atoms with van der Waals surface area (Å²) in [6, 6.07) is 12.2. The molecule has 130 valence electrons. The van der Waals surface area contributed by atoms with Crippen LogP contribution in [0.15, 0.2) is 48.5 Å². The maximum Gasteiger partial charge on any atom is 0.262 e. The van der Waals surface area contributed by atoms with Gasteiger partial charge in [0.2, 0.25) is 0 Å². The van der Waals surface area contributed by atoms with Crippen LogP contribution in [0.2, 0.25) is 0 Å². The fourth-order valence-corrected chi connectivity index (χ4v) is 2.26. The number of nitrogens with one attached hydrogen (secondary N) is 1. The number of hydrogen-bond acceptors (Lipinski definition) is 4. The van der Waals surface area contributed by atoms with Gasteiger partial charge >= 0.3 is 0 Å². The highest BCUT2D eigenvalue weighted by molar-refractivity contribution is 5.97. The molecule has 1 amide bonds. The Balaban J connectivity index is 2.00. The first kappa shape index (κ1) is 18.3. The van der Waals surface area contributed by atoms with Gasteiger partial charge in [-0.3, -0.25) is 9.59 Å². The van der Waals surface area contributed by atoms with Gasteiger partial charge in [0.1, 0.15) is 0 Å². The van der Waals surface area contributed by atoms with Crippen molar-refractivity contribution < 1.29 is 19.1 Å². The molecule has 0 saturated carbocycles. The lowest BCUT2D eigenvalue weighted by molar-refractivity contribution is -0.118. The number of hydrogen-bond donors (Lipinski definition) is 1. The second-order valence-corrected chi connectivity index (χ2v) is 5.38. The molecule has 2 aromatic rings. The normalized spacial score (nSPS) is 10.5. The molecule has 0 saturated heterocycles.